The Labute approximate surface area is 466 Å². The van der Waals surface area contributed by atoms with E-state index in [0.29, 0.717) is 63.5 Å². The maximum absolute atomic E-state index is 13.5. The minimum absolute atomic E-state index is 0.0377. The van der Waals surface area contributed by atoms with Gasteiger partial charge in [0.1, 0.15) is 5.78 Å². The van der Waals surface area contributed by atoms with E-state index in [4.69, 9.17) is 0 Å². The van der Waals surface area contributed by atoms with Gasteiger partial charge in [0.2, 0.25) is 0 Å². The Bertz CT molecular complexity index is 3210. The number of Topliss-reactive ketones (excluding diaryl/α,β-unsaturated/α-hetero) is 1. The van der Waals surface area contributed by atoms with Gasteiger partial charge >= 0.3 is 0 Å². The number of amides is 2. The van der Waals surface area contributed by atoms with Gasteiger partial charge in [0.25, 0.3) is 23.2 Å². The third kappa shape index (κ3) is 11.7. The molecule has 0 aliphatic carbocycles. The van der Waals surface area contributed by atoms with Crippen molar-refractivity contribution in [2.24, 2.45) is 0 Å². The minimum Gasteiger partial charge on any atom is -0.393 e. The second kappa shape index (κ2) is 25.2. The van der Waals surface area contributed by atoms with Crippen LogP contribution in [-0.4, -0.2) is 111 Å². The molecular formula is C66H64N6O8. The normalized spacial score (nSPS) is 14.5. The average molecular weight is 1070 g/mol. The Morgan fingerprint density at radius 2 is 0.725 bits per heavy atom. The van der Waals surface area contributed by atoms with Gasteiger partial charge in [-0.15, -0.1) is 0 Å². The Kier molecular flexibility index (Phi) is 17.6. The van der Waals surface area contributed by atoms with E-state index in [1.807, 2.05) is 36.4 Å². The molecule has 0 radical (unpaired) electrons. The highest BCUT2D eigenvalue weighted by Gasteiger charge is 2.45. The van der Waals surface area contributed by atoms with Crippen LogP contribution in [0.15, 0.2) is 218 Å². The number of nitrogens with zero attached hydrogens (tertiary/aromatic N) is 6. The van der Waals surface area contributed by atoms with Crippen molar-refractivity contribution >= 4 is 29.0 Å². The molecule has 2 heterocycles. The number of rotatable bonds is 16. The first-order valence-corrected chi connectivity index (χ1v) is 27.0. The summed E-state index contributed by atoms with van der Waals surface area (Å²) in [5, 5.41) is 33.1. The summed E-state index contributed by atoms with van der Waals surface area (Å²) in [7, 11) is 0. The number of aliphatic hydroxyl groups excluding tert-OH is 1. The SMILES string of the molecule is CC(=O)Cc1ccc(C(=O)N2CCN(C(c3ccccc3)(c3ccccc3)c3ccccc3)CC2)cc1[N+](=O)[O-].CC(O)Cc1ccc(C(=O)N2CCN(C(c3ccccc3)(c3ccccc3)c3ccccc3)CC2)cc1[N+](=O)[O-]. The van der Waals surface area contributed by atoms with E-state index in [1.54, 1.807) is 34.9 Å². The van der Waals surface area contributed by atoms with Crippen molar-refractivity contribution in [3.63, 3.8) is 0 Å². The number of hydrogen-bond acceptors (Lipinski definition) is 10. The van der Waals surface area contributed by atoms with Crippen molar-refractivity contribution in [2.45, 2.75) is 43.9 Å². The van der Waals surface area contributed by atoms with Crippen molar-refractivity contribution in [1.29, 1.82) is 0 Å². The Morgan fingerprint density at radius 1 is 0.450 bits per heavy atom. The van der Waals surface area contributed by atoms with Gasteiger partial charge in [0.15, 0.2) is 0 Å². The van der Waals surface area contributed by atoms with Gasteiger partial charge in [-0.25, -0.2) is 0 Å². The van der Waals surface area contributed by atoms with Gasteiger partial charge in [0, 0.05) is 99.6 Å². The minimum atomic E-state index is -0.715. The zero-order valence-electron chi connectivity index (χ0n) is 44.9. The molecule has 0 spiro atoms. The molecule has 80 heavy (non-hydrogen) atoms. The molecule has 0 saturated carbocycles. The molecule has 10 rings (SSSR count). The summed E-state index contributed by atoms with van der Waals surface area (Å²) < 4.78 is 0. The van der Waals surface area contributed by atoms with E-state index in [2.05, 4.69) is 155 Å². The van der Waals surface area contributed by atoms with Crippen molar-refractivity contribution < 1.29 is 29.3 Å². The van der Waals surface area contributed by atoms with Gasteiger partial charge in [-0.2, -0.15) is 0 Å². The van der Waals surface area contributed by atoms with Crippen LogP contribution in [0.1, 0.15) is 79.1 Å². The highest BCUT2D eigenvalue weighted by molar-refractivity contribution is 5.96. The monoisotopic (exact) mass is 1070 g/mol. The highest BCUT2D eigenvalue weighted by Crippen LogP contribution is 2.45. The van der Waals surface area contributed by atoms with Crippen molar-refractivity contribution in [3.05, 3.63) is 294 Å². The van der Waals surface area contributed by atoms with Crippen LogP contribution in [0.2, 0.25) is 0 Å². The van der Waals surface area contributed by atoms with Crippen molar-refractivity contribution in [3.8, 4) is 0 Å². The lowest BCUT2D eigenvalue weighted by Gasteiger charge is -2.49. The number of ketones is 1. The number of nitro benzene ring substituents is 2. The van der Waals surface area contributed by atoms with E-state index in [9.17, 15) is 39.7 Å². The molecule has 2 aliphatic heterocycles. The summed E-state index contributed by atoms with van der Waals surface area (Å²) in [6.07, 6.45) is -0.596. The molecule has 1 N–H and O–H groups in total. The zero-order chi connectivity index (χ0) is 56.2. The summed E-state index contributed by atoms with van der Waals surface area (Å²) in [6.45, 7) is 7.33. The first-order valence-electron chi connectivity index (χ1n) is 27.0. The second-order valence-corrected chi connectivity index (χ2v) is 20.3. The quantitative estimate of drug-likeness (QED) is 0.0558. The van der Waals surface area contributed by atoms with Crippen LogP contribution in [0.3, 0.4) is 0 Å². The van der Waals surface area contributed by atoms with Crippen LogP contribution in [0.25, 0.3) is 0 Å². The summed E-state index contributed by atoms with van der Waals surface area (Å²) >= 11 is 0. The Balaban J connectivity index is 0.000000194. The Hall–Kier alpha value is -8.95. The van der Waals surface area contributed by atoms with Crippen LogP contribution in [0.4, 0.5) is 11.4 Å². The summed E-state index contributed by atoms with van der Waals surface area (Å²) in [4.78, 5) is 69.3. The van der Waals surface area contributed by atoms with E-state index in [1.165, 1.54) is 25.1 Å². The van der Waals surface area contributed by atoms with Crippen LogP contribution >= 0.6 is 0 Å². The molecule has 8 aromatic carbocycles. The van der Waals surface area contributed by atoms with Gasteiger partial charge in [-0.1, -0.05) is 194 Å². The summed E-state index contributed by atoms with van der Waals surface area (Å²) in [5.41, 5.74) is 6.70. The fraction of sp³-hybridized carbons (Fsp3) is 0.227. The van der Waals surface area contributed by atoms with Crippen LogP contribution in [0, 0.1) is 20.2 Å². The molecule has 0 aromatic heterocycles. The van der Waals surface area contributed by atoms with E-state index in [-0.39, 0.29) is 52.9 Å². The van der Waals surface area contributed by atoms with E-state index in [0.717, 1.165) is 33.4 Å². The molecule has 14 heteroatoms. The lowest BCUT2D eigenvalue weighted by Crippen LogP contribution is -2.57. The number of carbonyl (C=O) groups excluding carboxylic acids is 3. The first kappa shape index (κ1) is 55.8. The van der Waals surface area contributed by atoms with Gasteiger partial charge in [-0.05, 0) is 59.4 Å². The average Bonchev–Trinajstić information content (AvgIpc) is 3.61. The molecule has 1 unspecified atom stereocenters. The predicted molar refractivity (Wildman–Crippen MR) is 309 cm³/mol. The third-order valence-electron chi connectivity index (χ3n) is 15.2. The molecule has 1 atom stereocenters. The molecule has 8 aromatic rings. The van der Waals surface area contributed by atoms with Gasteiger partial charge in [-0.3, -0.25) is 44.4 Å². The zero-order valence-corrected chi connectivity index (χ0v) is 44.9. The largest absolute Gasteiger partial charge is 0.393 e. The molecule has 2 amide bonds. The van der Waals surface area contributed by atoms with E-state index >= 15 is 0 Å². The first-order chi connectivity index (χ1) is 38.8. The summed E-state index contributed by atoms with van der Waals surface area (Å²) in [5.74, 6) is -0.644. The lowest BCUT2D eigenvalue weighted by molar-refractivity contribution is -0.385. The number of hydrogen-bond donors (Lipinski definition) is 1. The maximum Gasteiger partial charge on any atom is 0.273 e. The maximum atomic E-state index is 13.5. The smallest absolute Gasteiger partial charge is 0.273 e. The molecule has 0 bridgehead atoms. The van der Waals surface area contributed by atoms with Crippen LogP contribution < -0.4 is 0 Å². The molecule has 2 aliphatic rings. The fourth-order valence-corrected chi connectivity index (χ4v) is 11.7. The highest BCUT2D eigenvalue weighted by atomic mass is 16.6. The van der Waals surface area contributed by atoms with Crippen molar-refractivity contribution in [2.75, 3.05) is 52.4 Å². The fourth-order valence-electron chi connectivity index (χ4n) is 11.7. The Morgan fingerprint density at radius 3 is 0.988 bits per heavy atom. The number of carbonyl (C=O) groups is 3. The van der Waals surface area contributed by atoms with E-state index < -0.39 is 27.0 Å². The molecular weight excluding hydrogens is 1000 g/mol. The lowest BCUT2D eigenvalue weighted by atomic mass is 9.75. The molecule has 2 fully saturated rings. The van der Waals surface area contributed by atoms with Gasteiger partial charge < -0.3 is 14.9 Å². The van der Waals surface area contributed by atoms with Crippen molar-refractivity contribution in [1.82, 2.24) is 19.6 Å². The predicted octanol–water partition coefficient (Wildman–Crippen LogP) is 10.7. The molecule has 2 saturated heterocycles. The van der Waals surface area contributed by atoms with Crippen LogP contribution in [0.5, 0.6) is 0 Å². The molecule has 406 valence electrons. The van der Waals surface area contributed by atoms with Gasteiger partial charge in [0.05, 0.1) is 27.0 Å². The standard InChI is InChI=1S/C33H33N3O4.C33H31N3O4/c2*1-25(37)23-26-17-18-27(24-31(26)36(39)40)32(38)34-19-21-35(22-20-34)33(28-11-5-2-6-12-28,29-13-7-3-8-14-29)30-15-9-4-10-16-30/h2-18,24-25,37H,19-23H2,1H3;2-18,24H,19-23H2,1H3. The number of nitro groups is 2. The summed E-state index contributed by atoms with van der Waals surface area (Å²) in [6, 6.07) is 71.6. The third-order valence-corrected chi connectivity index (χ3v) is 15.2. The van der Waals surface area contributed by atoms with Crippen LogP contribution in [-0.2, 0) is 28.7 Å². The number of piperazine rings is 2. The topological polar surface area (TPSA) is 171 Å². The molecule has 14 nitrogen and oxygen atoms in total. The number of benzene rings is 8. The second-order valence-electron chi connectivity index (χ2n) is 20.3. The number of aliphatic hydroxyl groups is 1.